The van der Waals surface area contributed by atoms with Crippen LogP contribution in [0.25, 0.3) is 5.69 Å². The van der Waals surface area contributed by atoms with Crippen molar-refractivity contribution in [3.8, 4) is 5.69 Å². The molecule has 2 aromatic carbocycles. The Morgan fingerprint density at radius 3 is 2.58 bits per heavy atom. The molecular formula is C18H13F2N3O2S. The van der Waals surface area contributed by atoms with E-state index in [1.54, 1.807) is 0 Å². The molecular weight excluding hydrogens is 360 g/mol. The molecule has 4 rings (SSSR count). The lowest BCUT2D eigenvalue weighted by Crippen LogP contribution is -2.16. The fourth-order valence-electron chi connectivity index (χ4n) is 2.83. The number of carbonyl (C=O) groups is 1. The van der Waals surface area contributed by atoms with Gasteiger partial charge in [-0.05, 0) is 42.5 Å². The van der Waals surface area contributed by atoms with Crippen molar-refractivity contribution in [2.24, 2.45) is 0 Å². The summed E-state index contributed by atoms with van der Waals surface area (Å²) in [6, 6.07) is 11.0. The molecule has 0 radical (unpaired) electrons. The predicted octanol–water partition coefficient (Wildman–Crippen LogP) is 3.17. The molecule has 3 aromatic rings. The van der Waals surface area contributed by atoms with Crippen LogP contribution in [-0.2, 0) is 22.3 Å². The summed E-state index contributed by atoms with van der Waals surface area (Å²) in [6.07, 6.45) is 0. The van der Waals surface area contributed by atoms with Gasteiger partial charge < -0.3 is 5.32 Å². The van der Waals surface area contributed by atoms with Gasteiger partial charge in [-0.3, -0.25) is 9.00 Å². The second kappa shape index (κ2) is 6.45. The first kappa shape index (κ1) is 16.6. The van der Waals surface area contributed by atoms with Crippen molar-refractivity contribution >= 4 is 22.5 Å². The zero-order chi connectivity index (χ0) is 18.3. The van der Waals surface area contributed by atoms with Crippen LogP contribution in [0.2, 0.25) is 0 Å². The van der Waals surface area contributed by atoms with Gasteiger partial charge in [-0.25, -0.2) is 13.5 Å². The molecule has 0 spiro atoms. The number of benzene rings is 2. The average molecular weight is 373 g/mol. The zero-order valence-corrected chi connectivity index (χ0v) is 14.2. The normalized spacial score (nSPS) is 15.7. The Labute approximate surface area is 150 Å². The summed E-state index contributed by atoms with van der Waals surface area (Å²) in [6.45, 7) is 0. The van der Waals surface area contributed by atoms with Gasteiger partial charge in [0.15, 0.2) is 0 Å². The molecule has 1 aliphatic rings. The van der Waals surface area contributed by atoms with Crippen LogP contribution in [0.5, 0.6) is 0 Å². The summed E-state index contributed by atoms with van der Waals surface area (Å²) in [4.78, 5) is 12.5. The Morgan fingerprint density at radius 2 is 1.85 bits per heavy atom. The number of hydrogen-bond acceptors (Lipinski definition) is 3. The molecule has 1 N–H and O–H groups in total. The van der Waals surface area contributed by atoms with Gasteiger partial charge in [-0.15, -0.1) is 0 Å². The minimum absolute atomic E-state index is 0.157. The standard InChI is InChI=1S/C18H13F2N3O2S/c19-12-4-6-14(7-5-12)23-17(15-9-26(25)10-16(15)22-23)21-18(24)11-2-1-3-13(20)8-11/h1-8H,9-10H2,(H,21,24). The van der Waals surface area contributed by atoms with E-state index in [1.165, 1.54) is 47.1 Å². The van der Waals surface area contributed by atoms with E-state index in [9.17, 15) is 17.8 Å². The van der Waals surface area contributed by atoms with E-state index in [-0.39, 0.29) is 17.1 Å². The van der Waals surface area contributed by atoms with E-state index < -0.39 is 22.5 Å². The Bertz CT molecular complexity index is 1030. The smallest absolute Gasteiger partial charge is 0.256 e. The molecule has 0 bridgehead atoms. The molecule has 5 nitrogen and oxygen atoms in total. The molecule has 1 amide bonds. The predicted molar refractivity (Wildman–Crippen MR) is 93.4 cm³/mol. The SMILES string of the molecule is O=C(Nc1c2c(nn1-c1ccc(F)cc1)CS(=O)C2)c1cccc(F)c1. The highest BCUT2D eigenvalue weighted by Gasteiger charge is 2.28. The highest BCUT2D eigenvalue weighted by Crippen LogP contribution is 2.31. The fraction of sp³-hybridized carbons (Fsp3) is 0.111. The molecule has 1 atom stereocenters. The number of carbonyl (C=O) groups excluding carboxylic acids is 1. The lowest BCUT2D eigenvalue weighted by Gasteiger charge is -2.11. The minimum Gasteiger partial charge on any atom is -0.306 e. The van der Waals surface area contributed by atoms with Crippen molar-refractivity contribution in [2.45, 2.75) is 11.5 Å². The van der Waals surface area contributed by atoms with Crippen molar-refractivity contribution in [3.63, 3.8) is 0 Å². The van der Waals surface area contributed by atoms with E-state index in [2.05, 4.69) is 10.4 Å². The Hall–Kier alpha value is -2.87. The molecule has 2 heterocycles. The maximum absolute atomic E-state index is 13.4. The number of nitrogens with one attached hydrogen (secondary N) is 1. The average Bonchev–Trinajstić information content (AvgIpc) is 3.13. The van der Waals surface area contributed by atoms with Gasteiger partial charge in [0.25, 0.3) is 5.91 Å². The molecule has 132 valence electrons. The third-order valence-corrected chi connectivity index (χ3v) is 5.27. The molecule has 0 saturated heterocycles. The summed E-state index contributed by atoms with van der Waals surface area (Å²) < 4.78 is 39.9. The van der Waals surface area contributed by atoms with Crippen molar-refractivity contribution in [3.05, 3.63) is 77.0 Å². The van der Waals surface area contributed by atoms with Crippen LogP contribution in [-0.4, -0.2) is 19.9 Å². The quantitative estimate of drug-likeness (QED) is 0.767. The topological polar surface area (TPSA) is 64.0 Å². The van der Waals surface area contributed by atoms with Crippen molar-refractivity contribution < 1.29 is 17.8 Å². The first-order valence-electron chi connectivity index (χ1n) is 7.80. The Morgan fingerprint density at radius 1 is 1.08 bits per heavy atom. The van der Waals surface area contributed by atoms with E-state index in [1.807, 2.05) is 0 Å². The third kappa shape index (κ3) is 3.03. The van der Waals surface area contributed by atoms with Gasteiger partial charge in [0.2, 0.25) is 0 Å². The number of anilines is 1. The number of halogens is 2. The first-order valence-corrected chi connectivity index (χ1v) is 9.28. The Kier molecular flexibility index (Phi) is 4.12. The molecule has 8 heteroatoms. The number of aromatic nitrogens is 2. The number of rotatable bonds is 3. The van der Waals surface area contributed by atoms with Gasteiger partial charge in [-0.2, -0.15) is 5.10 Å². The van der Waals surface area contributed by atoms with E-state index in [0.717, 1.165) is 6.07 Å². The van der Waals surface area contributed by atoms with Gasteiger partial charge in [0.05, 0.1) is 22.9 Å². The number of nitrogens with zero attached hydrogens (tertiary/aromatic N) is 2. The second-order valence-electron chi connectivity index (χ2n) is 5.86. The first-order chi connectivity index (χ1) is 12.5. The van der Waals surface area contributed by atoms with Crippen LogP contribution in [0.1, 0.15) is 21.6 Å². The molecule has 1 aliphatic heterocycles. The van der Waals surface area contributed by atoms with Crippen LogP contribution < -0.4 is 5.32 Å². The maximum atomic E-state index is 13.4. The molecule has 0 saturated carbocycles. The summed E-state index contributed by atoms with van der Waals surface area (Å²) in [5.41, 5.74) is 2.02. The van der Waals surface area contributed by atoms with Crippen LogP contribution in [0.3, 0.4) is 0 Å². The number of hydrogen-bond donors (Lipinski definition) is 1. The third-order valence-electron chi connectivity index (χ3n) is 4.06. The highest BCUT2D eigenvalue weighted by molar-refractivity contribution is 7.83. The van der Waals surface area contributed by atoms with E-state index >= 15 is 0 Å². The summed E-state index contributed by atoms with van der Waals surface area (Å²) in [5, 5.41) is 7.15. The summed E-state index contributed by atoms with van der Waals surface area (Å²) in [7, 11) is -1.08. The molecule has 26 heavy (non-hydrogen) atoms. The highest BCUT2D eigenvalue weighted by atomic mass is 32.2. The Balaban J connectivity index is 1.75. The second-order valence-corrected chi connectivity index (χ2v) is 7.31. The van der Waals surface area contributed by atoms with Crippen molar-refractivity contribution in [1.29, 1.82) is 0 Å². The van der Waals surface area contributed by atoms with Gasteiger partial charge in [0, 0.05) is 21.9 Å². The van der Waals surface area contributed by atoms with Crippen molar-refractivity contribution in [1.82, 2.24) is 9.78 Å². The molecule has 1 unspecified atom stereocenters. The zero-order valence-electron chi connectivity index (χ0n) is 13.4. The minimum atomic E-state index is -1.08. The molecule has 0 aliphatic carbocycles. The lowest BCUT2D eigenvalue weighted by molar-refractivity contribution is 0.102. The maximum Gasteiger partial charge on any atom is 0.256 e. The molecule has 1 aromatic heterocycles. The van der Waals surface area contributed by atoms with Gasteiger partial charge >= 0.3 is 0 Å². The van der Waals surface area contributed by atoms with Crippen LogP contribution in [0.15, 0.2) is 48.5 Å². The monoisotopic (exact) mass is 373 g/mol. The van der Waals surface area contributed by atoms with Crippen LogP contribution in [0, 0.1) is 11.6 Å². The summed E-state index contributed by atoms with van der Waals surface area (Å²) >= 11 is 0. The molecule has 0 fully saturated rings. The van der Waals surface area contributed by atoms with E-state index in [0.29, 0.717) is 28.5 Å². The van der Waals surface area contributed by atoms with Crippen LogP contribution >= 0.6 is 0 Å². The van der Waals surface area contributed by atoms with Gasteiger partial charge in [0.1, 0.15) is 17.5 Å². The van der Waals surface area contributed by atoms with E-state index in [4.69, 9.17) is 0 Å². The lowest BCUT2D eigenvalue weighted by atomic mass is 10.2. The summed E-state index contributed by atoms with van der Waals surface area (Å²) in [5.74, 6) is -0.474. The van der Waals surface area contributed by atoms with Crippen molar-refractivity contribution in [2.75, 3.05) is 5.32 Å². The van der Waals surface area contributed by atoms with Gasteiger partial charge in [-0.1, -0.05) is 6.07 Å². The fourth-order valence-corrected chi connectivity index (χ4v) is 4.10. The van der Waals surface area contributed by atoms with Crippen LogP contribution in [0.4, 0.5) is 14.6 Å². The largest absolute Gasteiger partial charge is 0.306 e. The number of amides is 1. The number of fused-ring (bicyclic) bond motifs is 1.